The molecular formula is C12H23NO4. The monoisotopic (exact) mass is 245 g/mol. The van der Waals surface area contributed by atoms with Gasteiger partial charge in [-0.3, -0.25) is 0 Å². The molecule has 0 aromatic heterocycles. The Morgan fingerprint density at radius 3 is 1.71 bits per heavy atom. The Morgan fingerprint density at radius 1 is 1.00 bits per heavy atom. The fraction of sp³-hybridized carbons (Fsp3) is 0.833. The van der Waals surface area contributed by atoms with Gasteiger partial charge in [-0.05, 0) is 25.9 Å². The highest BCUT2D eigenvalue weighted by Gasteiger charge is 2.17. The van der Waals surface area contributed by atoms with Crippen LogP contribution in [0.25, 0.3) is 0 Å². The van der Waals surface area contributed by atoms with Crippen LogP contribution in [-0.2, 0) is 9.59 Å². The van der Waals surface area contributed by atoms with E-state index in [1.54, 1.807) is 0 Å². The second-order valence-electron chi connectivity index (χ2n) is 4.12. The zero-order chi connectivity index (χ0) is 13.3. The molecule has 0 bridgehead atoms. The first-order valence-electron chi connectivity index (χ1n) is 6.23. The standard InChI is InChI=1S/C10H21N.C2H2O4/c1-3-11(4-2)10-8-6-5-7-9-10;3-1(4)2(5)6/h10H,3-9H2,1-2H3;(H,3,4)(H,5,6). The molecule has 5 heteroatoms. The number of carboxylic acids is 2. The van der Waals surface area contributed by atoms with Crippen molar-refractivity contribution in [2.45, 2.75) is 52.0 Å². The quantitative estimate of drug-likeness (QED) is 0.741. The molecule has 1 aliphatic rings. The van der Waals surface area contributed by atoms with E-state index in [1.807, 2.05) is 0 Å². The van der Waals surface area contributed by atoms with Crippen LogP contribution in [0.15, 0.2) is 0 Å². The van der Waals surface area contributed by atoms with Crippen molar-refractivity contribution in [1.82, 2.24) is 4.90 Å². The minimum atomic E-state index is -1.82. The van der Waals surface area contributed by atoms with Crippen LogP contribution in [-0.4, -0.2) is 46.2 Å². The number of carbonyl (C=O) groups is 2. The molecule has 0 aliphatic heterocycles. The smallest absolute Gasteiger partial charge is 0.414 e. The number of hydrogen-bond acceptors (Lipinski definition) is 3. The molecule has 0 atom stereocenters. The first-order chi connectivity index (χ1) is 8.02. The molecule has 100 valence electrons. The Bertz CT molecular complexity index is 221. The molecule has 0 spiro atoms. The zero-order valence-corrected chi connectivity index (χ0v) is 10.7. The number of aliphatic carboxylic acids is 2. The van der Waals surface area contributed by atoms with Gasteiger partial charge in [-0.2, -0.15) is 0 Å². The van der Waals surface area contributed by atoms with Gasteiger partial charge in [0.05, 0.1) is 0 Å². The van der Waals surface area contributed by atoms with Crippen LogP contribution in [0, 0.1) is 0 Å². The SMILES string of the molecule is CCN(CC)C1CCCCC1.O=C(O)C(=O)O. The van der Waals surface area contributed by atoms with E-state index in [1.165, 1.54) is 45.2 Å². The number of rotatable bonds is 3. The van der Waals surface area contributed by atoms with E-state index >= 15 is 0 Å². The van der Waals surface area contributed by atoms with Crippen LogP contribution in [0.5, 0.6) is 0 Å². The third kappa shape index (κ3) is 6.94. The second-order valence-corrected chi connectivity index (χ2v) is 4.12. The summed E-state index contributed by atoms with van der Waals surface area (Å²) in [7, 11) is 0. The first-order valence-corrected chi connectivity index (χ1v) is 6.23. The molecule has 1 fully saturated rings. The Kier molecular flexibility index (Phi) is 8.40. The van der Waals surface area contributed by atoms with Crippen LogP contribution in [0.4, 0.5) is 0 Å². The zero-order valence-electron chi connectivity index (χ0n) is 10.7. The van der Waals surface area contributed by atoms with Gasteiger partial charge in [0, 0.05) is 6.04 Å². The summed E-state index contributed by atoms with van der Waals surface area (Å²) >= 11 is 0. The molecule has 0 radical (unpaired) electrons. The van der Waals surface area contributed by atoms with Crippen LogP contribution < -0.4 is 0 Å². The largest absolute Gasteiger partial charge is 0.473 e. The van der Waals surface area contributed by atoms with E-state index in [2.05, 4.69) is 18.7 Å². The molecular weight excluding hydrogens is 222 g/mol. The van der Waals surface area contributed by atoms with Gasteiger partial charge in [0.1, 0.15) is 0 Å². The van der Waals surface area contributed by atoms with Crippen LogP contribution in [0.3, 0.4) is 0 Å². The first kappa shape index (κ1) is 15.9. The van der Waals surface area contributed by atoms with Crippen molar-refractivity contribution in [3.8, 4) is 0 Å². The molecule has 2 N–H and O–H groups in total. The Morgan fingerprint density at radius 2 is 1.41 bits per heavy atom. The molecule has 1 aliphatic carbocycles. The topological polar surface area (TPSA) is 77.8 Å². The average molecular weight is 245 g/mol. The summed E-state index contributed by atoms with van der Waals surface area (Å²) in [6.07, 6.45) is 7.28. The molecule has 17 heavy (non-hydrogen) atoms. The van der Waals surface area contributed by atoms with Gasteiger partial charge in [-0.1, -0.05) is 33.1 Å². The fourth-order valence-electron chi connectivity index (χ4n) is 2.19. The van der Waals surface area contributed by atoms with Crippen molar-refractivity contribution in [2.75, 3.05) is 13.1 Å². The summed E-state index contributed by atoms with van der Waals surface area (Å²) in [5, 5.41) is 14.8. The summed E-state index contributed by atoms with van der Waals surface area (Å²) < 4.78 is 0. The van der Waals surface area contributed by atoms with Crippen molar-refractivity contribution < 1.29 is 19.8 Å². The lowest BCUT2D eigenvalue weighted by atomic mass is 9.94. The normalized spacial score (nSPS) is 16.2. The minimum Gasteiger partial charge on any atom is -0.473 e. The molecule has 1 saturated carbocycles. The Hall–Kier alpha value is -1.10. The number of carboxylic acid groups (broad SMARTS) is 2. The predicted molar refractivity (Wildman–Crippen MR) is 65.1 cm³/mol. The molecule has 0 saturated heterocycles. The van der Waals surface area contributed by atoms with E-state index in [0.717, 1.165) is 6.04 Å². The Labute approximate surface area is 102 Å². The third-order valence-electron chi connectivity index (χ3n) is 3.09. The lowest BCUT2D eigenvalue weighted by molar-refractivity contribution is -0.159. The van der Waals surface area contributed by atoms with Gasteiger partial charge in [-0.25, -0.2) is 9.59 Å². The van der Waals surface area contributed by atoms with E-state index in [0.29, 0.717) is 0 Å². The van der Waals surface area contributed by atoms with Crippen molar-refractivity contribution in [1.29, 1.82) is 0 Å². The summed E-state index contributed by atoms with van der Waals surface area (Å²) in [4.78, 5) is 20.8. The van der Waals surface area contributed by atoms with Gasteiger partial charge in [0.25, 0.3) is 0 Å². The highest BCUT2D eigenvalue weighted by molar-refractivity contribution is 6.27. The average Bonchev–Trinajstić information content (AvgIpc) is 2.32. The maximum absolute atomic E-state index is 9.10. The van der Waals surface area contributed by atoms with Gasteiger partial charge in [0.15, 0.2) is 0 Å². The molecule has 0 aromatic rings. The molecule has 5 nitrogen and oxygen atoms in total. The number of nitrogens with zero attached hydrogens (tertiary/aromatic N) is 1. The van der Waals surface area contributed by atoms with E-state index < -0.39 is 11.9 Å². The van der Waals surface area contributed by atoms with Crippen LogP contribution in [0.1, 0.15) is 46.0 Å². The summed E-state index contributed by atoms with van der Waals surface area (Å²) in [6, 6.07) is 0.916. The van der Waals surface area contributed by atoms with Gasteiger partial charge < -0.3 is 15.1 Å². The highest BCUT2D eigenvalue weighted by Crippen LogP contribution is 2.21. The summed E-state index contributed by atoms with van der Waals surface area (Å²) in [6.45, 7) is 7.03. The summed E-state index contributed by atoms with van der Waals surface area (Å²) in [5.74, 6) is -3.65. The predicted octanol–water partition coefficient (Wildman–Crippen LogP) is 1.82. The molecule has 0 unspecified atom stereocenters. The van der Waals surface area contributed by atoms with E-state index in [4.69, 9.17) is 19.8 Å². The minimum absolute atomic E-state index is 0.916. The van der Waals surface area contributed by atoms with E-state index in [9.17, 15) is 0 Å². The van der Waals surface area contributed by atoms with Crippen LogP contribution in [0.2, 0.25) is 0 Å². The Balaban J connectivity index is 0.000000366. The molecule has 0 amide bonds. The van der Waals surface area contributed by atoms with Crippen molar-refractivity contribution in [2.24, 2.45) is 0 Å². The maximum Gasteiger partial charge on any atom is 0.414 e. The van der Waals surface area contributed by atoms with Crippen LogP contribution >= 0.6 is 0 Å². The summed E-state index contributed by atoms with van der Waals surface area (Å²) in [5.41, 5.74) is 0. The van der Waals surface area contributed by atoms with Gasteiger partial charge in [-0.15, -0.1) is 0 Å². The molecule has 0 heterocycles. The van der Waals surface area contributed by atoms with Crippen molar-refractivity contribution >= 4 is 11.9 Å². The van der Waals surface area contributed by atoms with Crippen molar-refractivity contribution in [3.05, 3.63) is 0 Å². The second kappa shape index (κ2) is 8.98. The highest BCUT2D eigenvalue weighted by atomic mass is 16.4. The molecule has 0 aromatic carbocycles. The third-order valence-corrected chi connectivity index (χ3v) is 3.09. The number of hydrogen-bond donors (Lipinski definition) is 2. The van der Waals surface area contributed by atoms with Gasteiger partial charge >= 0.3 is 11.9 Å². The molecule has 1 rings (SSSR count). The van der Waals surface area contributed by atoms with E-state index in [-0.39, 0.29) is 0 Å². The lowest BCUT2D eigenvalue weighted by Crippen LogP contribution is -2.36. The lowest BCUT2D eigenvalue weighted by Gasteiger charge is -2.32. The fourth-order valence-corrected chi connectivity index (χ4v) is 2.19. The van der Waals surface area contributed by atoms with Crippen molar-refractivity contribution in [3.63, 3.8) is 0 Å². The maximum atomic E-state index is 9.10. The van der Waals surface area contributed by atoms with Gasteiger partial charge in [0.2, 0.25) is 0 Å².